The molecule has 1 saturated carbocycles. The van der Waals surface area contributed by atoms with Crippen LogP contribution in [0.5, 0.6) is 5.75 Å². The minimum absolute atomic E-state index is 0.460. The van der Waals surface area contributed by atoms with Gasteiger partial charge in [-0.25, -0.2) is 0 Å². The number of hydrogen-bond acceptors (Lipinski definition) is 3. The Morgan fingerprint density at radius 3 is 2.86 bits per heavy atom. The zero-order valence-corrected chi connectivity index (χ0v) is 14.0. The van der Waals surface area contributed by atoms with E-state index in [-0.39, 0.29) is 0 Å². The minimum Gasteiger partial charge on any atom is -0.485 e. The standard InChI is InChI=1S/C17H20BrNO2/c1-11-3-4-14(18)8-17(11)20-10-16-7-13(12(2)21-16)9-19-15-5-6-15/h3-4,7-8,15,19H,5-6,9-10H2,1-2H3. The van der Waals surface area contributed by atoms with Crippen molar-refractivity contribution in [3.8, 4) is 5.75 Å². The first-order chi connectivity index (χ1) is 10.1. The zero-order chi connectivity index (χ0) is 14.8. The molecule has 3 nitrogen and oxygen atoms in total. The Hall–Kier alpha value is -1.26. The van der Waals surface area contributed by atoms with Crippen molar-refractivity contribution in [2.45, 2.75) is 45.9 Å². The zero-order valence-electron chi connectivity index (χ0n) is 12.4. The molecule has 0 aliphatic heterocycles. The van der Waals surface area contributed by atoms with Crippen LogP contribution in [0.3, 0.4) is 0 Å². The Kier molecular flexibility index (Phi) is 4.36. The average molecular weight is 350 g/mol. The van der Waals surface area contributed by atoms with Gasteiger partial charge in [0, 0.05) is 22.6 Å². The van der Waals surface area contributed by atoms with E-state index in [2.05, 4.69) is 27.3 Å². The van der Waals surface area contributed by atoms with Gasteiger partial charge >= 0.3 is 0 Å². The maximum atomic E-state index is 5.87. The molecule has 21 heavy (non-hydrogen) atoms. The van der Waals surface area contributed by atoms with Gasteiger partial charge in [-0.1, -0.05) is 22.0 Å². The molecule has 112 valence electrons. The number of aryl methyl sites for hydroxylation is 2. The van der Waals surface area contributed by atoms with Gasteiger partial charge in [-0.15, -0.1) is 0 Å². The molecule has 0 atom stereocenters. The van der Waals surface area contributed by atoms with Gasteiger partial charge in [0.25, 0.3) is 0 Å². The lowest BCUT2D eigenvalue weighted by atomic mass is 10.2. The van der Waals surface area contributed by atoms with Crippen LogP contribution in [0, 0.1) is 13.8 Å². The van der Waals surface area contributed by atoms with Gasteiger partial charge in [0.05, 0.1) is 0 Å². The van der Waals surface area contributed by atoms with Crippen LogP contribution in [0.1, 0.15) is 35.5 Å². The van der Waals surface area contributed by atoms with Gasteiger partial charge < -0.3 is 14.5 Å². The molecule has 2 aromatic rings. The molecule has 0 unspecified atom stereocenters. The van der Waals surface area contributed by atoms with Crippen LogP contribution < -0.4 is 10.1 Å². The number of halogens is 1. The number of ether oxygens (including phenoxy) is 1. The fourth-order valence-corrected chi connectivity index (χ4v) is 2.59. The predicted octanol–water partition coefficient (Wildman–Crippen LogP) is 4.49. The lowest BCUT2D eigenvalue weighted by molar-refractivity contribution is 0.266. The van der Waals surface area contributed by atoms with E-state index < -0.39 is 0 Å². The van der Waals surface area contributed by atoms with Gasteiger partial charge in [-0.3, -0.25) is 0 Å². The largest absolute Gasteiger partial charge is 0.485 e. The van der Waals surface area contributed by atoms with Gasteiger partial charge in [0.15, 0.2) is 0 Å². The van der Waals surface area contributed by atoms with Gasteiger partial charge in [-0.2, -0.15) is 0 Å². The molecule has 1 aliphatic carbocycles. The van der Waals surface area contributed by atoms with Crippen molar-refractivity contribution in [3.63, 3.8) is 0 Å². The third kappa shape index (κ3) is 3.89. The summed E-state index contributed by atoms with van der Waals surface area (Å²) < 4.78 is 12.7. The molecule has 1 N–H and O–H groups in total. The van der Waals surface area contributed by atoms with E-state index in [1.807, 2.05) is 32.0 Å². The van der Waals surface area contributed by atoms with Gasteiger partial charge in [0.1, 0.15) is 23.9 Å². The number of furan rings is 1. The fraction of sp³-hybridized carbons (Fsp3) is 0.412. The van der Waals surface area contributed by atoms with E-state index in [4.69, 9.17) is 9.15 Å². The maximum Gasteiger partial charge on any atom is 0.146 e. The van der Waals surface area contributed by atoms with E-state index >= 15 is 0 Å². The molecule has 1 aromatic heterocycles. The second kappa shape index (κ2) is 6.24. The Morgan fingerprint density at radius 2 is 2.10 bits per heavy atom. The van der Waals surface area contributed by atoms with Crippen LogP contribution in [0.2, 0.25) is 0 Å². The fourth-order valence-electron chi connectivity index (χ4n) is 2.25. The lowest BCUT2D eigenvalue weighted by Gasteiger charge is -2.07. The molecular formula is C17H20BrNO2. The summed E-state index contributed by atoms with van der Waals surface area (Å²) in [6.07, 6.45) is 2.60. The second-order valence-corrected chi connectivity index (χ2v) is 6.56. The number of rotatable bonds is 6. The van der Waals surface area contributed by atoms with Crippen LogP contribution in [-0.4, -0.2) is 6.04 Å². The molecule has 0 spiro atoms. The first-order valence-corrected chi connectivity index (χ1v) is 8.11. The Bertz CT molecular complexity index is 632. The normalized spacial score (nSPS) is 14.4. The van der Waals surface area contributed by atoms with Crippen LogP contribution >= 0.6 is 15.9 Å². The third-order valence-corrected chi connectivity index (χ3v) is 4.24. The SMILES string of the molecule is Cc1ccc(Br)cc1OCc1cc(CNC2CC2)c(C)o1. The minimum atomic E-state index is 0.460. The van der Waals surface area contributed by atoms with Crippen molar-refractivity contribution >= 4 is 15.9 Å². The van der Waals surface area contributed by atoms with Crippen molar-refractivity contribution in [3.05, 3.63) is 51.4 Å². The summed E-state index contributed by atoms with van der Waals surface area (Å²) in [5.41, 5.74) is 2.35. The molecule has 0 saturated heterocycles. The third-order valence-electron chi connectivity index (χ3n) is 3.75. The second-order valence-electron chi connectivity index (χ2n) is 5.65. The van der Waals surface area contributed by atoms with Gasteiger partial charge in [-0.05, 0) is 50.5 Å². The van der Waals surface area contributed by atoms with Crippen LogP contribution in [0.4, 0.5) is 0 Å². The Labute approximate surface area is 133 Å². The van der Waals surface area contributed by atoms with Crippen molar-refractivity contribution in [2.75, 3.05) is 0 Å². The average Bonchev–Trinajstić information content (AvgIpc) is 3.21. The smallest absolute Gasteiger partial charge is 0.146 e. The highest BCUT2D eigenvalue weighted by Crippen LogP contribution is 2.25. The lowest BCUT2D eigenvalue weighted by Crippen LogP contribution is -2.15. The summed E-state index contributed by atoms with van der Waals surface area (Å²) in [4.78, 5) is 0. The summed E-state index contributed by atoms with van der Waals surface area (Å²) >= 11 is 3.47. The van der Waals surface area contributed by atoms with Crippen LogP contribution in [0.25, 0.3) is 0 Å². The van der Waals surface area contributed by atoms with Crippen molar-refractivity contribution in [1.82, 2.24) is 5.32 Å². The number of benzene rings is 1. The number of nitrogens with one attached hydrogen (secondary N) is 1. The van der Waals surface area contributed by atoms with E-state index in [1.54, 1.807) is 0 Å². The van der Waals surface area contributed by atoms with Gasteiger partial charge in [0.2, 0.25) is 0 Å². The quantitative estimate of drug-likeness (QED) is 0.834. The number of hydrogen-bond donors (Lipinski definition) is 1. The van der Waals surface area contributed by atoms with E-state index in [0.29, 0.717) is 12.6 Å². The Balaban J connectivity index is 1.61. The molecule has 4 heteroatoms. The topological polar surface area (TPSA) is 34.4 Å². The summed E-state index contributed by atoms with van der Waals surface area (Å²) in [6, 6.07) is 8.85. The summed E-state index contributed by atoms with van der Waals surface area (Å²) in [5, 5.41) is 3.51. The van der Waals surface area contributed by atoms with Crippen molar-refractivity contribution in [1.29, 1.82) is 0 Å². The first-order valence-electron chi connectivity index (χ1n) is 7.32. The van der Waals surface area contributed by atoms with Crippen LogP contribution in [0.15, 0.2) is 33.2 Å². The molecule has 1 aliphatic rings. The maximum absolute atomic E-state index is 5.87. The summed E-state index contributed by atoms with van der Waals surface area (Å²) in [6.45, 7) is 5.40. The van der Waals surface area contributed by atoms with Crippen LogP contribution in [-0.2, 0) is 13.2 Å². The molecular weight excluding hydrogens is 330 g/mol. The monoisotopic (exact) mass is 349 g/mol. The highest BCUT2D eigenvalue weighted by molar-refractivity contribution is 9.10. The summed E-state index contributed by atoms with van der Waals surface area (Å²) in [7, 11) is 0. The predicted molar refractivity (Wildman–Crippen MR) is 86.5 cm³/mol. The molecule has 1 aromatic carbocycles. The van der Waals surface area contributed by atoms with Crippen molar-refractivity contribution < 1.29 is 9.15 Å². The molecule has 1 fully saturated rings. The summed E-state index contributed by atoms with van der Waals surface area (Å²) in [5.74, 6) is 2.74. The van der Waals surface area contributed by atoms with E-state index in [9.17, 15) is 0 Å². The highest BCUT2D eigenvalue weighted by atomic mass is 79.9. The van der Waals surface area contributed by atoms with Crippen molar-refractivity contribution in [2.24, 2.45) is 0 Å². The molecule has 0 bridgehead atoms. The first kappa shape index (κ1) is 14.7. The highest BCUT2D eigenvalue weighted by Gasteiger charge is 2.21. The van der Waals surface area contributed by atoms with E-state index in [1.165, 1.54) is 18.4 Å². The molecule has 1 heterocycles. The van der Waals surface area contributed by atoms with E-state index in [0.717, 1.165) is 33.9 Å². The molecule has 0 radical (unpaired) electrons. The molecule has 0 amide bonds. The Morgan fingerprint density at radius 1 is 1.29 bits per heavy atom. The molecule has 3 rings (SSSR count).